The van der Waals surface area contributed by atoms with E-state index in [-0.39, 0.29) is 55.9 Å². The molecule has 3 nitrogen and oxygen atoms in total. The molecule has 1 fully saturated rings. The van der Waals surface area contributed by atoms with Crippen molar-refractivity contribution in [3.63, 3.8) is 0 Å². The maximum absolute atomic E-state index is 16.2. The highest BCUT2D eigenvalue weighted by molar-refractivity contribution is 6.31. The van der Waals surface area contributed by atoms with Crippen LogP contribution in [0.3, 0.4) is 0 Å². The second kappa shape index (κ2) is 21.5. The number of carbonyl (C=O) groups excluding carboxylic acids is 3. The first kappa shape index (κ1) is 43.8. The average molecular weight is 823 g/mol. The largest absolute Gasteiger partial charge is 0.297 e. The molecular formula is C60H54O3. The van der Waals surface area contributed by atoms with Crippen LogP contribution in [0.2, 0.25) is 0 Å². The predicted octanol–water partition coefficient (Wildman–Crippen LogP) is 14.3. The van der Waals surface area contributed by atoms with E-state index in [1.165, 1.54) is 0 Å². The van der Waals surface area contributed by atoms with E-state index in [2.05, 4.69) is 0 Å². The third kappa shape index (κ3) is 10.8. The van der Waals surface area contributed by atoms with Crippen LogP contribution in [0.5, 0.6) is 0 Å². The zero-order valence-electron chi connectivity index (χ0n) is 35.7. The molecular weight excluding hydrogens is 769 g/mol. The number of rotatable bonds is 18. The van der Waals surface area contributed by atoms with Crippen LogP contribution in [0.15, 0.2) is 218 Å². The predicted molar refractivity (Wildman–Crippen MR) is 263 cm³/mol. The Kier molecular flexibility index (Phi) is 15.0. The van der Waals surface area contributed by atoms with Crippen LogP contribution in [0.4, 0.5) is 0 Å². The average Bonchev–Trinajstić information content (AvgIpc) is 3.33. The Hall–Kier alpha value is -7.23. The third-order valence-corrected chi connectivity index (χ3v) is 12.1. The smallest absolute Gasteiger partial charge is 0.161 e. The summed E-state index contributed by atoms with van der Waals surface area (Å²) in [6.45, 7) is 0. The van der Waals surface area contributed by atoms with Gasteiger partial charge < -0.3 is 0 Å². The Morgan fingerprint density at radius 3 is 0.524 bits per heavy atom. The number of hydrogen-bond donors (Lipinski definition) is 0. The Bertz CT molecular complexity index is 2110. The molecule has 1 saturated carbocycles. The van der Waals surface area contributed by atoms with Gasteiger partial charge in [-0.3, -0.25) is 14.4 Å². The van der Waals surface area contributed by atoms with Gasteiger partial charge in [-0.2, -0.15) is 0 Å². The van der Waals surface area contributed by atoms with E-state index >= 15 is 14.4 Å². The minimum atomic E-state index is -1.58. The quantitative estimate of drug-likeness (QED) is 0.0812. The van der Waals surface area contributed by atoms with Crippen LogP contribution in [-0.2, 0) is 14.4 Å². The van der Waals surface area contributed by atoms with Crippen molar-refractivity contribution in [1.29, 1.82) is 0 Å². The summed E-state index contributed by atoms with van der Waals surface area (Å²) >= 11 is 0. The molecule has 0 aromatic heterocycles. The molecule has 312 valence electrons. The summed E-state index contributed by atoms with van der Waals surface area (Å²) in [5, 5.41) is 0. The number of hydrogen-bond acceptors (Lipinski definition) is 3. The second-order valence-electron chi connectivity index (χ2n) is 16.3. The lowest BCUT2D eigenvalue weighted by atomic mass is 9.46. The summed E-state index contributed by atoms with van der Waals surface area (Å²) in [4.78, 5) is 48.7. The molecule has 6 aromatic rings. The Morgan fingerprint density at radius 2 is 0.381 bits per heavy atom. The van der Waals surface area contributed by atoms with E-state index in [9.17, 15) is 0 Å². The van der Waals surface area contributed by atoms with E-state index in [4.69, 9.17) is 0 Å². The number of benzene rings is 6. The van der Waals surface area contributed by atoms with Gasteiger partial charge in [0, 0.05) is 0 Å². The van der Waals surface area contributed by atoms with Crippen LogP contribution < -0.4 is 0 Å². The van der Waals surface area contributed by atoms with Crippen molar-refractivity contribution in [2.45, 2.75) is 38.5 Å². The fourth-order valence-corrected chi connectivity index (χ4v) is 8.81. The lowest BCUT2D eigenvalue weighted by molar-refractivity contribution is -0.170. The third-order valence-electron chi connectivity index (χ3n) is 12.1. The molecule has 0 N–H and O–H groups in total. The highest BCUT2D eigenvalue weighted by Crippen LogP contribution is 2.57. The van der Waals surface area contributed by atoms with Gasteiger partial charge >= 0.3 is 0 Å². The molecule has 63 heavy (non-hydrogen) atoms. The molecule has 0 radical (unpaired) electrons. The van der Waals surface area contributed by atoms with Gasteiger partial charge in [-0.15, -0.1) is 0 Å². The van der Waals surface area contributed by atoms with E-state index in [1.54, 1.807) is 0 Å². The van der Waals surface area contributed by atoms with Crippen molar-refractivity contribution < 1.29 is 14.4 Å². The molecule has 7 rings (SSSR count). The van der Waals surface area contributed by atoms with Gasteiger partial charge in [0.05, 0.1) is 16.2 Å². The van der Waals surface area contributed by atoms with Crippen molar-refractivity contribution in [3.05, 3.63) is 252 Å². The van der Waals surface area contributed by atoms with Gasteiger partial charge in [-0.1, -0.05) is 255 Å². The summed E-state index contributed by atoms with van der Waals surface area (Å²) in [5.41, 5.74) is 1.05. The zero-order valence-corrected chi connectivity index (χ0v) is 35.7. The molecule has 1 aliphatic rings. The molecule has 6 aromatic carbocycles. The fourth-order valence-electron chi connectivity index (χ4n) is 8.81. The van der Waals surface area contributed by atoms with Gasteiger partial charge in [-0.05, 0) is 71.9 Å². The molecule has 0 bridgehead atoms. The van der Waals surface area contributed by atoms with Gasteiger partial charge in [-0.25, -0.2) is 0 Å². The molecule has 0 aliphatic heterocycles. The number of allylic oxidation sites excluding steroid dienone is 6. The maximum Gasteiger partial charge on any atom is 0.161 e. The molecule has 3 heteroatoms. The topological polar surface area (TPSA) is 51.2 Å². The maximum atomic E-state index is 16.2. The van der Waals surface area contributed by atoms with Crippen molar-refractivity contribution in [3.8, 4) is 0 Å². The first-order chi connectivity index (χ1) is 30.9. The van der Waals surface area contributed by atoms with Crippen LogP contribution in [0.1, 0.15) is 71.9 Å². The van der Waals surface area contributed by atoms with E-state index in [0.717, 1.165) is 33.4 Å². The van der Waals surface area contributed by atoms with Crippen molar-refractivity contribution >= 4 is 53.8 Å². The highest BCUT2D eigenvalue weighted by Gasteiger charge is 2.69. The summed E-state index contributed by atoms with van der Waals surface area (Å²) in [6.07, 6.45) is 24.5. The normalized spacial score (nSPS) is 16.1. The molecule has 0 heterocycles. The fraction of sp³-hybridized carbons (Fsp3) is 0.150. The van der Waals surface area contributed by atoms with Crippen LogP contribution in [-0.4, -0.2) is 17.3 Å². The standard InChI is InChI=1S/C60H54O3/c61-55-58(43-19-37-49-25-7-1-8-26-49,44-20-38-50-27-9-2-10-28-50)56(62)60(47-23-41-53-33-15-5-16-34-53,48-24-42-54-35-17-6-18-36-54)57(63)59(55,45-21-39-51-29-11-3-12-30-51)46-22-40-52-31-13-4-14-32-52/h1-42H,43-48H2/b37-19+,38-20+,39-21+,40-22+,41-23+,42-24+. The monoisotopic (exact) mass is 822 g/mol. The van der Waals surface area contributed by atoms with Crippen molar-refractivity contribution in [2.75, 3.05) is 0 Å². The van der Waals surface area contributed by atoms with Gasteiger partial charge in [0.25, 0.3) is 0 Å². The van der Waals surface area contributed by atoms with Crippen molar-refractivity contribution in [1.82, 2.24) is 0 Å². The Morgan fingerprint density at radius 1 is 0.238 bits per heavy atom. The zero-order chi connectivity index (χ0) is 43.6. The van der Waals surface area contributed by atoms with Crippen molar-refractivity contribution in [2.24, 2.45) is 16.2 Å². The number of ketones is 3. The van der Waals surface area contributed by atoms with Crippen LogP contribution >= 0.6 is 0 Å². The summed E-state index contributed by atoms with van der Waals surface area (Å²) in [7, 11) is 0. The van der Waals surface area contributed by atoms with E-state index < -0.39 is 16.2 Å². The summed E-state index contributed by atoms with van der Waals surface area (Å²) in [6, 6.07) is 59.5. The molecule has 1 aliphatic carbocycles. The van der Waals surface area contributed by atoms with Gasteiger partial charge in [0.2, 0.25) is 0 Å². The molecule has 0 saturated heterocycles. The van der Waals surface area contributed by atoms with Gasteiger partial charge in [0.15, 0.2) is 17.3 Å². The first-order valence-electron chi connectivity index (χ1n) is 21.9. The number of carbonyl (C=O) groups is 3. The summed E-state index contributed by atoms with van der Waals surface area (Å²) < 4.78 is 0. The SMILES string of the molecule is O=C1C(C/C=C/c2ccccc2)(C/C=C/c2ccccc2)C(=O)C(C/C=C/c2ccccc2)(C/C=C/c2ccccc2)C(=O)C1(C/C=C/c1ccccc1)C/C=C/c1ccccc1. The highest BCUT2D eigenvalue weighted by atomic mass is 16.2. The minimum Gasteiger partial charge on any atom is -0.297 e. The summed E-state index contributed by atoms with van der Waals surface area (Å²) in [5.74, 6) is -0.985. The lowest BCUT2D eigenvalue weighted by Gasteiger charge is -2.51. The number of Topliss-reactive ketones (excluding diaryl/α,β-unsaturated/α-hetero) is 3. The molecule has 0 unspecified atom stereocenters. The Balaban J connectivity index is 1.45. The van der Waals surface area contributed by atoms with Gasteiger partial charge in [0.1, 0.15) is 0 Å². The Labute approximate surface area is 373 Å². The molecule has 0 spiro atoms. The minimum absolute atomic E-state index is 0.130. The molecule has 0 amide bonds. The van der Waals surface area contributed by atoms with Crippen LogP contribution in [0.25, 0.3) is 36.5 Å². The van der Waals surface area contributed by atoms with E-state index in [1.807, 2.05) is 255 Å². The second-order valence-corrected chi connectivity index (χ2v) is 16.3. The first-order valence-corrected chi connectivity index (χ1v) is 21.9. The van der Waals surface area contributed by atoms with Crippen LogP contribution in [0, 0.1) is 16.2 Å². The lowest BCUT2D eigenvalue weighted by Crippen LogP contribution is -2.66. The molecule has 0 atom stereocenters. The van der Waals surface area contributed by atoms with E-state index in [0.29, 0.717) is 0 Å².